The summed E-state index contributed by atoms with van der Waals surface area (Å²) < 4.78 is 27.6. The van der Waals surface area contributed by atoms with E-state index in [1.165, 1.54) is 18.2 Å². The Balaban J connectivity index is 2.28. The van der Waals surface area contributed by atoms with Gasteiger partial charge in [0.1, 0.15) is 13.1 Å². The summed E-state index contributed by atoms with van der Waals surface area (Å²) >= 11 is 0. The fourth-order valence-electron chi connectivity index (χ4n) is 2.40. The van der Waals surface area contributed by atoms with Crippen LogP contribution < -0.4 is 4.72 Å². The normalized spacial score (nSPS) is 10.6. The highest BCUT2D eigenvalue weighted by atomic mass is 32.2. The summed E-state index contributed by atoms with van der Waals surface area (Å²) in [5.41, 5.74) is 1.50. The molecule has 27 heavy (non-hydrogen) atoms. The van der Waals surface area contributed by atoms with Gasteiger partial charge in [0.05, 0.1) is 17.0 Å². The predicted octanol–water partition coefficient (Wildman–Crippen LogP) is 1.96. The molecule has 0 fully saturated rings. The van der Waals surface area contributed by atoms with Crippen LogP contribution in [-0.2, 0) is 16.6 Å². The first kappa shape index (κ1) is 20.1. The Bertz CT molecular complexity index is 989. The van der Waals surface area contributed by atoms with E-state index in [0.717, 1.165) is 10.5 Å². The molecule has 2 rings (SSSR count). The molecular formula is C19H18N4O3S. The van der Waals surface area contributed by atoms with Crippen LogP contribution in [0.25, 0.3) is 0 Å². The van der Waals surface area contributed by atoms with Crippen LogP contribution in [0.4, 0.5) is 0 Å². The van der Waals surface area contributed by atoms with Gasteiger partial charge in [0.25, 0.3) is 5.91 Å². The average molecular weight is 382 g/mol. The molecule has 8 heteroatoms. The number of rotatable bonds is 7. The molecule has 0 saturated heterocycles. The molecule has 2 aromatic rings. The van der Waals surface area contributed by atoms with Gasteiger partial charge in [0.15, 0.2) is 0 Å². The van der Waals surface area contributed by atoms with Crippen molar-refractivity contribution in [2.24, 2.45) is 0 Å². The van der Waals surface area contributed by atoms with E-state index in [9.17, 15) is 13.2 Å². The largest absolute Gasteiger partial charge is 0.312 e. The standard InChI is InChI=1S/C19H18N4O3S/c1-15-7-8-17(13-18(15)19(24)23(11-9-20)12-10-21)27(25,26)22-14-16-5-3-2-4-6-16/h2-8,13,22H,11-12,14H2,1H3. The molecule has 0 atom stereocenters. The van der Waals surface area contributed by atoms with E-state index in [1.54, 1.807) is 19.1 Å². The van der Waals surface area contributed by atoms with Gasteiger partial charge in [-0.3, -0.25) is 4.79 Å². The Morgan fingerprint density at radius 2 is 1.70 bits per heavy atom. The number of carbonyl (C=O) groups excluding carboxylic acids is 1. The van der Waals surface area contributed by atoms with Gasteiger partial charge in [-0.2, -0.15) is 10.5 Å². The molecule has 0 aliphatic rings. The molecule has 2 aromatic carbocycles. The first-order valence-corrected chi connectivity index (χ1v) is 9.55. The third-order valence-electron chi connectivity index (χ3n) is 3.87. The molecule has 0 bridgehead atoms. The summed E-state index contributed by atoms with van der Waals surface area (Å²) in [5.74, 6) is -0.560. The lowest BCUT2D eigenvalue weighted by molar-refractivity contribution is 0.0793. The van der Waals surface area contributed by atoms with Crippen LogP contribution in [0.2, 0.25) is 0 Å². The molecule has 138 valence electrons. The second-order valence-electron chi connectivity index (χ2n) is 5.76. The molecule has 0 aliphatic carbocycles. The summed E-state index contributed by atoms with van der Waals surface area (Å²) in [6.07, 6.45) is 0. The Labute approximate surface area is 158 Å². The van der Waals surface area contributed by atoms with E-state index in [0.29, 0.717) is 5.56 Å². The quantitative estimate of drug-likeness (QED) is 0.735. The van der Waals surface area contributed by atoms with E-state index in [4.69, 9.17) is 10.5 Å². The van der Waals surface area contributed by atoms with Crippen LogP contribution in [0.15, 0.2) is 53.4 Å². The predicted molar refractivity (Wildman–Crippen MR) is 98.8 cm³/mol. The lowest BCUT2D eigenvalue weighted by Gasteiger charge is -2.18. The zero-order chi connectivity index (χ0) is 19.9. The van der Waals surface area contributed by atoms with Crippen LogP contribution in [0.1, 0.15) is 21.5 Å². The van der Waals surface area contributed by atoms with Gasteiger partial charge in [-0.25, -0.2) is 13.1 Å². The van der Waals surface area contributed by atoms with Crippen molar-refractivity contribution in [3.63, 3.8) is 0 Å². The van der Waals surface area contributed by atoms with Gasteiger partial charge in [0, 0.05) is 12.1 Å². The number of benzene rings is 2. The number of hydrogen-bond donors (Lipinski definition) is 1. The molecular weight excluding hydrogens is 364 g/mol. The molecule has 0 unspecified atom stereocenters. The van der Waals surface area contributed by atoms with Gasteiger partial charge in [0.2, 0.25) is 10.0 Å². The van der Waals surface area contributed by atoms with Crippen molar-refractivity contribution in [1.29, 1.82) is 10.5 Å². The highest BCUT2D eigenvalue weighted by molar-refractivity contribution is 7.89. The SMILES string of the molecule is Cc1ccc(S(=O)(=O)NCc2ccccc2)cc1C(=O)N(CC#N)CC#N. The maximum atomic E-state index is 12.6. The van der Waals surface area contributed by atoms with Crippen molar-refractivity contribution in [3.8, 4) is 12.1 Å². The van der Waals surface area contributed by atoms with Crippen LogP contribution in [0.5, 0.6) is 0 Å². The average Bonchev–Trinajstić information content (AvgIpc) is 2.67. The molecule has 1 amide bonds. The lowest BCUT2D eigenvalue weighted by Crippen LogP contribution is -2.32. The van der Waals surface area contributed by atoms with Gasteiger partial charge >= 0.3 is 0 Å². The molecule has 1 N–H and O–H groups in total. The first-order valence-electron chi connectivity index (χ1n) is 8.06. The number of carbonyl (C=O) groups is 1. The van der Waals surface area contributed by atoms with E-state index < -0.39 is 15.9 Å². The fraction of sp³-hybridized carbons (Fsp3) is 0.211. The van der Waals surface area contributed by atoms with Crippen molar-refractivity contribution >= 4 is 15.9 Å². The lowest BCUT2D eigenvalue weighted by atomic mass is 10.1. The molecule has 0 radical (unpaired) electrons. The molecule has 7 nitrogen and oxygen atoms in total. The minimum atomic E-state index is -3.83. The number of hydrogen-bond acceptors (Lipinski definition) is 5. The number of nitrogens with one attached hydrogen (secondary N) is 1. The van der Waals surface area contributed by atoms with Crippen LogP contribution in [0, 0.1) is 29.6 Å². The minimum Gasteiger partial charge on any atom is -0.312 e. The summed E-state index contributed by atoms with van der Waals surface area (Å²) in [7, 11) is -3.83. The Morgan fingerprint density at radius 3 is 2.30 bits per heavy atom. The highest BCUT2D eigenvalue weighted by Gasteiger charge is 2.21. The number of aryl methyl sites for hydroxylation is 1. The number of nitriles is 2. The molecule has 0 spiro atoms. The topological polar surface area (TPSA) is 114 Å². The summed E-state index contributed by atoms with van der Waals surface area (Å²) in [6, 6.07) is 16.9. The van der Waals surface area contributed by atoms with Crippen molar-refractivity contribution in [2.45, 2.75) is 18.4 Å². The maximum absolute atomic E-state index is 12.6. The Morgan fingerprint density at radius 1 is 1.07 bits per heavy atom. The summed E-state index contributed by atoms with van der Waals surface area (Å²) in [5, 5.41) is 17.7. The smallest absolute Gasteiger partial charge is 0.255 e. The molecule has 0 saturated carbocycles. The summed E-state index contributed by atoms with van der Waals surface area (Å²) in [4.78, 5) is 13.6. The van der Waals surface area contributed by atoms with Gasteiger partial charge in [-0.05, 0) is 30.2 Å². The summed E-state index contributed by atoms with van der Waals surface area (Å²) in [6.45, 7) is 1.28. The van der Waals surface area contributed by atoms with Crippen molar-refractivity contribution in [3.05, 3.63) is 65.2 Å². The van der Waals surface area contributed by atoms with Crippen LogP contribution >= 0.6 is 0 Å². The highest BCUT2D eigenvalue weighted by Crippen LogP contribution is 2.18. The van der Waals surface area contributed by atoms with E-state index >= 15 is 0 Å². The number of amides is 1. The van der Waals surface area contributed by atoms with Crippen molar-refractivity contribution in [2.75, 3.05) is 13.1 Å². The van der Waals surface area contributed by atoms with Gasteiger partial charge in [-0.15, -0.1) is 0 Å². The minimum absolute atomic E-state index is 0.0544. The van der Waals surface area contributed by atoms with Crippen molar-refractivity contribution in [1.82, 2.24) is 9.62 Å². The molecule has 0 heterocycles. The first-order chi connectivity index (χ1) is 12.9. The van der Waals surface area contributed by atoms with E-state index in [1.807, 2.05) is 30.3 Å². The fourth-order valence-corrected chi connectivity index (χ4v) is 3.44. The molecule has 0 aliphatic heterocycles. The van der Waals surface area contributed by atoms with E-state index in [-0.39, 0.29) is 30.1 Å². The monoisotopic (exact) mass is 382 g/mol. The number of nitrogens with zero attached hydrogens (tertiary/aromatic N) is 3. The van der Waals surface area contributed by atoms with Gasteiger partial charge < -0.3 is 4.90 Å². The Kier molecular flexibility index (Phi) is 6.67. The zero-order valence-corrected chi connectivity index (χ0v) is 15.5. The maximum Gasteiger partial charge on any atom is 0.255 e. The zero-order valence-electron chi connectivity index (χ0n) is 14.7. The van der Waals surface area contributed by atoms with Crippen LogP contribution in [-0.4, -0.2) is 32.3 Å². The molecule has 0 aromatic heterocycles. The second kappa shape index (κ2) is 8.95. The second-order valence-corrected chi connectivity index (χ2v) is 7.53. The van der Waals surface area contributed by atoms with E-state index in [2.05, 4.69) is 4.72 Å². The van der Waals surface area contributed by atoms with Crippen molar-refractivity contribution < 1.29 is 13.2 Å². The number of sulfonamides is 1. The van der Waals surface area contributed by atoms with Gasteiger partial charge in [-0.1, -0.05) is 36.4 Å². The third-order valence-corrected chi connectivity index (χ3v) is 5.27. The Hall–Kier alpha value is -3.20. The van der Waals surface area contributed by atoms with Crippen LogP contribution in [0.3, 0.4) is 0 Å². The third kappa shape index (κ3) is 5.14.